The predicted molar refractivity (Wildman–Crippen MR) is 92.8 cm³/mol. The van der Waals surface area contributed by atoms with Crippen LogP contribution in [0.2, 0.25) is 0 Å². The van der Waals surface area contributed by atoms with E-state index in [2.05, 4.69) is 5.32 Å². The van der Waals surface area contributed by atoms with E-state index in [1.54, 1.807) is 24.3 Å². The van der Waals surface area contributed by atoms with E-state index < -0.39 is 35.1 Å². The number of carbonyl (C=O) groups is 1. The van der Waals surface area contributed by atoms with Crippen LogP contribution >= 0.6 is 0 Å². The van der Waals surface area contributed by atoms with Crippen LogP contribution < -0.4 is 14.8 Å². The van der Waals surface area contributed by atoms with E-state index in [0.717, 1.165) is 0 Å². The number of methoxy groups -OCH3 is 1. The molecule has 29 heavy (non-hydrogen) atoms. The van der Waals surface area contributed by atoms with E-state index >= 15 is 0 Å². The Morgan fingerprint density at radius 1 is 0.897 bits per heavy atom. The molecule has 0 bridgehead atoms. The lowest BCUT2D eigenvalue weighted by atomic mass is 10.1. The number of hydrogen-bond donors (Lipinski definition) is 1. The van der Waals surface area contributed by atoms with Crippen molar-refractivity contribution in [1.29, 1.82) is 0 Å². The third-order valence-electron chi connectivity index (χ3n) is 3.75. The van der Waals surface area contributed by atoms with Gasteiger partial charge in [0, 0.05) is 12.1 Å². The lowest BCUT2D eigenvalue weighted by Crippen LogP contribution is -2.16. The molecule has 0 aromatic heterocycles. The molecule has 2 aromatic rings. The van der Waals surface area contributed by atoms with Crippen molar-refractivity contribution in [1.82, 2.24) is 0 Å². The number of anilines is 1. The Labute approximate surface area is 162 Å². The molecule has 0 aliphatic rings. The first kappa shape index (κ1) is 22.4. The van der Waals surface area contributed by atoms with Gasteiger partial charge in [0.2, 0.25) is 5.91 Å². The summed E-state index contributed by atoms with van der Waals surface area (Å²) in [4.78, 5) is 11.9. The van der Waals surface area contributed by atoms with Gasteiger partial charge in [-0.05, 0) is 48.9 Å². The molecule has 0 saturated heterocycles. The van der Waals surface area contributed by atoms with Crippen molar-refractivity contribution in [2.24, 2.45) is 0 Å². The summed E-state index contributed by atoms with van der Waals surface area (Å²) in [5, 5.41) is 2.07. The molecule has 2 aromatic carbocycles. The van der Waals surface area contributed by atoms with E-state index in [9.17, 15) is 31.1 Å². The van der Waals surface area contributed by atoms with E-state index in [1.807, 2.05) is 0 Å². The summed E-state index contributed by atoms with van der Waals surface area (Å²) in [6.07, 6.45) is -9.89. The summed E-state index contributed by atoms with van der Waals surface area (Å²) in [6, 6.07) is 7.57. The van der Waals surface area contributed by atoms with Crippen LogP contribution in [-0.4, -0.2) is 19.6 Å². The number of carbonyl (C=O) groups excluding carboxylic acids is 1. The van der Waals surface area contributed by atoms with E-state index in [0.29, 0.717) is 23.6 Å². The Kier molecular flexibility index (Phi) is 6.99. The summed E-state index contributed by atoms with van der Waals surface area (Å²) in [5.41, 5.74) is -3.57. The summed E-state index contributed by atoms with van der Waals surface area (Å²) in [6.45, 7) is 0.135. The predicted octanol–water partition coefficient (Wildman–Crippen LogP) is 5.53. The minimum Gasteiger partial charge on any atom is -0.497 e. The summed E-state index contributed by atoms with van der Waals surface area (Å²) >= 11 is 0. The van der Waals surface area contributed by atoms with Gasteiger partial charge >= 0.3 is 12.4 Å². The lowest BCUT2D eigenvalue weighted by molar-refractivity contribution is -0.143. The molecular weight excluding hydrogens is 404 g/mol. The van der Waals surface area contributed by atoms with Crippen LogP contribution in [0.1, 0.15) is 24.0 Å². The van der Waals surface area contributed by atoms with E-state index in [-0.39, 0.29) is 25.5 Å². The van der Waals surface area contributed by atoms with Crippen LogP contribution in [-0.2, 0) is 17.1 Å². The molecule has 0 radical (unpaired) electrons. The average molecular weight is 421 g/mol. The monoisotopic (exact) mass is 421 g/mol. The van der Waals surface area contributed by atoms with Crippen LogP contribution in [0.5, 0.6) is 11.5 Å². The van der Waals surface area contributed by atoms with Crippen molar-refractivity contribution < 1.29 is 40.6 Å². The maximum absolute atomic E-state index is 12.8. The van der Waals surface area contributed by atoms with Gasteiger partial charge in [-0.3, -0.25) is 4.79 Å². The maximum atomic E-state index is 12.8. The molecule has 0 saturated carbocycles. The zero-order valence-corrected chi connectivity index (χ0v) is 15.2. The smallest absolute Gasteiger partial charge is 0.416 e. The van der Waals surface area contributed by atoms with Crippen molar-refractivity contribution in [3.05, 3.63) is 53.6 Å². The highest BCUT2D eigenvalue weighted by molar-refractivity contribution is 5.90. The highest BCUT2D eigenvalue weighted by Crippen LogP contribution is 2.37. The molecule has 0 aliphatic heterocycles. The SMILES string of the molecule is COc1ccc(OCCCC(=O)Nc2cc(C(F)(F)F)cc(C(F)(F)F)c2)cc1. The minimum atomic E-state index is -4.98. The fourth-order valence-electron chi connectivity index (χ4n) is 2.35. The largest absolute Gasteiger partial charge is 0.497 e. The molecule has 0 atom stereocenters. The second-order valence-electron chi connectivity index (χ2n) is 5.97. The number of benzene rings is 2. The summed E-state index contributed by atoms with van der Waals surface area (Å²) in [7, 11) is 1.51. The molecule has 0 spiro atoms. The molecular formula is C19H17F6NO3. The first-order chi connectivity index (χ1) is 13.5. The van der Waals surface area contributed by atoms with Crippen molar-refractivity contribution in [3.63, 3.8) is 0 Å². The molecule has 4 nitrogen and oxygen atoms in total. The van der Waals surface area contributed by atoms with Gasteiger partial charge in [0.1, 0.15) is 11.5 Å². The summed E-state index contributed by atoms with van der Waals surface area (Å²) < 4.78 is 87.4. The van der Waals surface area contributed by atoms with Gasteiger partial charge in [0.15, 0.2) is 0 Å². The first-order valence-corrected chi connectivity index (χ1v) is 8.35. The molecule has 2 rings (SSSR count). The number of amides is 1. The molecule has 10 heteroatoms. The number of ether oxygens (including phenoxy) is 2. The number of alkyl halides is 6. The van der Waals surface area contributed by atoms with Crippen LogP contribution in [0.15, 0.2) is 42.5 Å². The van der Waals surface area contributed by atoms with Crippen molar-refractivity contribution in [2.75, 3.05) is 19.0 Å². The molecule has 1 N–H and O–H groups in total. The first-order valence-electron chi connectivity index (χ1n) is 8.35. The zero-order valence-electron chi connectivity index (χ0n) is 15.2. The van der Waals surface area contributed by atoms with Gasteiger partial charge < -0.3 is 14.8 Å². The van der Waals surface area contributed by atoms with Gasteiger partial charge in [0.25, 0.3) is 0 Å². The number of hydrogen-bond acceptors (Lipinski definition) is 3. The minimum absolute atomic E-state index is 0.00164. The normalized spacial score (nSPS) is 11.8. The van der Waals surface area contributed by atoms with Gasteiger partial charge in [-0.2, -0.15) is 26.3 Å². The van der Waals surface area contributed by atoms with Gasteiger partial charge in [-0.25, -0.2) is 0 Å². The van der Waals surface area contributed by atoms with Gasteiger partial charge in [0.05, 0.1) is 24.8 Å². The zero-order chi connectivity index (χ0) is 21.7. The Bertz CT molecular complexity index is 799. The van der Waals surface area contributed by atoms with Gasteiger partial charge in [-0.1, -0.05) is 0 Å². The Morgan fingerprint density at radius 2 is 1.41 bits per heavy atom. The molecule has 1 amide bonds. The highest BCUT2D eigenvalue weighted by Gasteiger charge is 2.37. The van der Waals surface area contributed by atoms with Crippen LogP contribution in [0.4, 0.5) is 32.0 Å². The van der Waals surface area contributed by atoms with Crippen molar-refractivity contribution in [2.45, 2.75) is 25.2 Å². The Balaban J connectivity index is 1.93. The fourth-order valence-corrected chi connectivity index (χ4v) is 2.35. The van der Waals surface area contributed by atoms with E-state index in [1.165, 1.54) is 7.11 Å². The third-order valence-corrected chi connectivity index (χ3v) is 3.75. The molecule has 0 fully saturated rings. The molecule has 0 aliphatic carbocycles. The van der Waals surface area contributed by atoms with Gasteiger partial charge in [-0.15, -0.1) is 0 Å². The Morgan fingerprint density at radius 3 is 1.90 bits per heavy atom. The quantitative estimate of drug-likeness (QED) is 0.472. The lowest BCUT2D eigenvalue weighted by Gasteiger charge is -2.15. The second kappa shape index (κ2) is 9.06. The van der Waals surface area contributed by atoms with Crippen LogP contribution in [0.25, 0.3) is 0 Å². The Hall–Kier alpha value is -2.91. The van der Waals surface area contributed by atoms with Crippen LogP contribution in [0.3, 0.4) is 0 Å². The average Bonchev–Trinajstić information content (AvgIpc) is 2.64. The number of rotatable bonds is 7. The molecule has 0 unspecified atom stereocenters. The van der Waals surface area contributed by atoms with E-state index in [4.69, 9.17) is 9.47 Å². The fraction of sp³-hybridized carbons (Fsp3) is 0.316. The summed E-state index contributed by atoms with van der Waals surface area (Å²) in [5.74, 6) is 0.436. The topological polar surface area (TPSA) is 47.6 Å². The third kappa shape index (κ3) is 6.88. The second-order valence-corrected chi connectivity index (χ2v) is 5.97. The molecule has 0 heterocycles. The number of nitrogens with one attached hydrogen (secondary N) is 1. The standard InChI is InChI=1S/C19H17F6NO3/c1-28-15-4-6-16(7-5-15)29-8-2-3-17(27)26-14-10-12(18(20,21)22)9-13(11-14)19(23,24)25/h4-7,9-11H,2-3,8H2,1H3,(H,26,27). The van der Waals surface area contributed by atoms with Crippen molar-refractivity contribution in [3.8, 4) is 11.5 Å². The van der Waals surface area contributed by atoms with Crippen LogP contribution in [0, 0.1) is 0 Å². The highest BCUT2D eigenvalue weighted by atomic mass is 19.4. The molecule has 158 valence electrons. The maximum Gasteiger partial charge on any atom is 0.416 e. The number of halogens is 6. The van der Waals surface area contributed by atoms with Crippen molar-refractivity contribution >= 4 is 11.6 Å².